The van der Waals surface area contributed by atoms with Crippen molar-refractivity contribution in [1.82, 2.24) is 0 Å². The van der Waals surface area contributed by atoms with Crippen molar-refractivity contribution < 1.29 is 14.7 Å². The molecule has 1 atom stereocenters. The van der Waals surface area contributed by atoms with Crippen LogP contribution in [0.2, 0.25) is 0 Å². The van der Waals surface area contributed by atoms with Crippen molar-refractivity contribution in [1.29, 1.82) is 0 Å². The van der Waals surface area contributed by atoms with Crippen molar-refractivity contribution in [2.24, 2.45) is 10.2 Å². The summed E-state index contributed by atoms with van der Waals surface area (Å²) in [6.45, 7) is 0. The molecule has 0 spiro atoms. The minimum atomic E-state index is -1.46. The maximum atomic E-state index is 12.2. The Morgan fingerprint density at radius 1 is 1.09 bits per heavy atom. The molecule has 0 fully saturated rings. The van der Waals surface area contributed by atoms with Gasteiger partial charge in [-0.05, 0) is 41.5 Å². The molecule has 2 aromatic rings. The first-order valence-electron chi connectivity index (χ1n) is 6.25. The van der Waals surface area contributed by atoms with Gasteiger partial charge >= 0.3 is 5.97 Å². The summed E-state index contributed by atoms with van der Waals surface area (Å²) >= 11 is 6.88. The van der Waals surface area contributed by atoms with Crippen LogP contribution >= 0.6 is 31.9 Å². The molecule has 0 saturated carbocycles. The lowest BCUT2D eigenvalue weighted by Gasteiger charge is -2.15. The molecular formula is C15H8Br2N2O3. The number of azo groups is 1. The van der Waals surface area contributed by atoms with Crippen LogP contribution in [0.15, 0.2) is 55.6 Å². The highest BCUT2D eigenvalue weighted by Gasteiger charge is 2.32. The van der Waals surface area contributed by atoms with Crippen LogP contribution in [-0.4, -0.2) is 22.9 Å². The van der Waals surface area contributed by atoms with E-state index in [4.69, 9.17) is 5.11 Å². The molecule has 0 saturated heterocycles. The number of hydrogen-bond donors (Lipinski definition) is 1. The number of hydrogen-bond acceptors (Lipinski definition) is 4. The van der Waals surface area contributed by atoms with Crippen LogP contribution in [0.3, 0.4) is 0 Å². The number of carboxylic acid groups (broad SMARTS) is 1. The fourth-order valence-electron chi connectivity index (χ4n) is 2.19. The van der Waals surface area contributed by atoms with Crippen LogP contribution in [0, 0.1) is 0 Å². The molecule has 0 bridgehead atoms. The fourth-order valence-corrected chi connectivity index (χ4v) is 3.02. The molecule has 22 heavy (non-hydrogen) atoms. The minimum Gasteiger partial charge on any atom is -0.479 e. The second-order valence-electron chi connectivity index (χ2n) is 4.68. The molecule has 5 nitrogen and oxygen atoms in total. The number of halogens is 2. The van der Waals surface area contributed by atoms with E-state index in [0.29, 0.717) is 5.69 Å². The fraction of sp³-hybridized carbons (Fsp3) is 0.0667. The van der Waals surface area contributed by atoms with E-state index in [1.54, 1.807) is 12.1 Å². The molecule has 1 heterocycles. The lowest BCUT2D eigenvalue weighted by atomic mass is 9.96. The van der Waals surface area contributed by atoms with Crippen LogP contribution in [0.1, 0.15) is 10.4 Å². The van der Waals surface area contributed by atoms with E-state index >= 15 is 0 Å². The zero-order valence-electron chi connectivity index (χ0n) is 11.0. The zero-order chi connectivity index (χ0) is 15.9. The first-order valence-corrected chi connectivity index (χ1v) is 7.83. The second kappa shape index (κ2) is 5.73. The van der Waals surface area contributed by atoms with Crippen LogP contribution < -0.4 is 0 Å². The predicted molar refractivity (Wildman–Crippen MR) is 87.5 cm³/mol. The SMILES string of the molecule is O=C(O)C1N=Nc2ccc(-c3cc(Br)ccc3Br)cc2C1=O. The first-order chi connectivity index (χ1) is 10.5. The molecule has 0 radical (unpaired) electrons. The molecule has 0 amide bonds. The third-order valence-electron chi connectivity index (χ3n) is 3.26. The summed E-state index contributed by atoms with van der Waals surface area (Å²) in [5.41, 5.74) is 2.34. The molecule has 1 unspecified atom stereocenters. The number of nitrogens with zero attached hydrogens (tertiary/aromatic N) is 2. The summed E-state index contributed by atoms with van der Waals surface area (Å²) in [6, 6.07) is 9.37. The standard InChI is InChI=1S/C15H8Br2N2O3/c16-8-2-3-11(17)9(6-8)7-1-4-12-10(5-7)14(20)13(15(21)22)19-18-12/h1-6,13H,(H,21,22). The average Bonchev–Trinajstić information content (AvgIpc) is 2.49. The minimum absolute atomic E-state index is 0.270. The van der Waals surface area contributed by atoms with Crippen molar-refractivity contribution in [3.05, 3.63) is 50.9 Å². The van der Waals surface area contributed by atoms with Crippen molar-refractivity contribution in [2.75, 3.05) is 0 Å². The van der Waals surface area contributed by atoms with Crippen molar-refractivity contribution >= 4 is 49.3 Å². The van der Waals surface area contributed by atoms with Gasteiger partial charge in [0, 0.05) is 14.5 Å². The highest BCUT2D eigenvalue weighted by atomic mass is 79.9. The number of rotatable bonds is 2. The molecular weight excluding hydrogens is 416 g/mol. The summed E-state index contributed by atoms with van der Waals surface area (Å²) in [7, 11) is 0. The number of aliphatic carboxylic acids is 1. The number of benzene rings is 2. The van der Waals surface area contributed by atoms with E-state index in [1.807, 2.05) is 24.3 Å². The first kappa shape index (κ1) is 15.1. The molecule has 1 aliphatic heterocycles. The van der Waals surface area contributed by atoms with Gasteiger partial charge in [-0.1, -0.05) is 37.9 Å². The highest BCUT2D eigenvalue weighted by Crippen LogP contribution is 2.35. The van der Waals surface area contributed by atoms with Crippen LogP contribution in [0.25, 0.3) is 11.1 Å². The van der Waals surface area contributed by atoms with Gasteiger partial charge in [0.25, 0.3) is 0 Å². The lowest BCUT2D eigenvalue weighted by molar-refractivity contribution is -0.137. The molecule has 3 rings (SSSR count). The maximum absolute atomic E-state index is 12.2. The van der Waals surface area contributed by atoms with E-state index in [-0.39, 0.29) is 5.56 Å². The topological polar surface area (TPSA) is 79.1 Å². The van der Waals surface area contributed by atoms with Crippen LogP contribution in [0.5, 0.6) is 0 Å². The summed E-state index contributed by atoms with van der Waals surface area (Å²) in [6.07, 6.45) is 0. The molecule has 7 heteroatoms. The maximum Gasteiger partial charge on any atom is 0.338 e. The number of carbonyl (C=O) groups is 2. The van der Waals surface area contributed by atoms with E-state index in [0.717, 1.165) is 20.1 Å². The van der Waals surface area contributed by atoms with Gasteiger partial charge in [0.1, 0.15) is 0 Å². The molecule has 1 aliphatic rings. The Kier molecular flexibility index (Phi) is 3.92. The summed E-state index contributed by atoms with van der Waals surface area (Å²) in [5.74, 6) is -1.85. The molecule has 1 N–H and O–H groups in total. The Hall–Kier alpha value is -1.86. The monoisotopic (exact) mass is 422 g/mol. The Morgan fingerprint density at radius 3 is 2.59 bits per heavy atom. The summed E-state index contributed by atoms with van der Waals surface area (Å²) in [4.78, 5) is 23.3. The van der Waals surface area contributed by atoms with Gasteiger partial charge < -0.3 is 5.11 Å². The number of fused-ring (bicyclic) bond motifs is 1. The number of ketones is 1. The Labute approximate surface area is 142 Å². The zero-order valence-corrected chi connectivity index (χ0v) is 14.1. The third kappa shape index (κ3) is 2.62. The molecule has 0 aliphatic carbocycles. The van der Waals surface area contributed by atoms with E-state index < -0.39 is 17.8 Å². The average molecular weight is 424 g/mol. The van der Waals surface area contributed by atoms with Gasteiger partial charge in [-0.25, -0.2) is 4.79 Å². The van der Waals surface area contributed by atoms with E-state index in [2.05, 4.69) is 42.1 Å². The van der Waals surface area contributed by atoms with Gasteiger partial charge in [0.15, 0.2) is 0 Å². The number of carbonyl (C=O) groups excluding carboxylic acids is 1. The third-order valence-corrected chi connectivity index (χ3v) is 4.45. The van der Waals surface area contributed by atoms with Gasteiger partial charge in [0.2, 0.25) is 11.8 Å². The summed E-state index contributed by atoms with van der Waals surface area (Å²) in [5, 5.41) is 16.4. The smallest absolute Gasteiger partial charge is 0.338 e. The highest BCUT2D eigenvalue weighted by molar-refractivity contribution is 9.11. The Bertz CT molecular complexity index is 834. The number of carboxylic acids is 1. The molecule has 2 aromatic carbocycles. The Morgan fingerprint density at radius 2 is 1.86 bits per heavy atom. The van der Waals surface area contributed by atoms with Gasteiger partial charge in [-0.2, -0.15) is 10.2 Å². The predicted octanol–water partition coefficient (Wildman–Crippen LogP) is 4.61. The second-order valence-corrected chi connectivity index (χ2v) is 6.45. The van der Waals surface area contributed by atoms with Crippen molar-refractivity contribution in [2.45, 2.75) is 6.04 Å². The van der Waals surface area contributed by atoms with E-state index in [9.17, 15) is 9.59 Å². The number of Topliss-reactive ketones (excluding diaryl/α,β-unsaturated/α-hetero) is 1. The normalized spacial score (nSPS) is 16.5. The summed E-state index contributed by atoms with van der Waals surface area (Å²) < 4.78 is 1.77. The molecule has 110 valence electrons. The van der Waals surface area contributed by atoms with Gasteiger partial charge in [-0.3, -0.25) is 4.79 Å². The van der Waals surface area contributed by atoms with Crippen molar-refractivity contribution in [3.63, 3.8) is 0 Å². The van der Waals surface area contributed by atoms with E-state index in [1.165, 1.54) is 0 Å². The Balaban J connectivity index is 2.12. The van der Waals surface area contributed by atoms with Crippen LogP contribution in [-0.2, 0) is 4.79 Å². The van der Waals surface area contributed by atoms with Gasteiger partial charge in [-0.15, -0.1) is 0 Å². The largest absolute Gasteiger partial charge is 0.479 e. The van der Waals surface area contributed by atoms with Crippen molar-refractivity contribution in [3.8, 4) is 11.1 Å². The van der Waals surface area contributed by atoms with Crippen LogP contribution in [0.4, 0.5) is 5.69 Å². The quantitative estimate of drug-likeness (QED) is 0.716. The molecule has 0 aromatic heterocycles. The lowest BCUT2D eigenvalue weighted by Crippen LogP contribution is -2.29. The van der Waals surface area contributed by atoms with Gasteiger partial charge in [0.05, 0.1) is 5.69 Å².